The molecule has 2 aromatic rings. The maximum absolute atomic E-state index is 10.2. The fourth-order valence-corrected chi connectivity index (χ4v) is 2.30. The first-order valence-corrected chi connectivity index (χ1v) is 6.62. The smallest absolute Gasteiger partial charge is 0.138 e. The molecule has 1 unspecified atom stereocenters. The van der Waals surface area contributed by atoms with Crippen LogP contribution in [0.4, 0.5) is 0 Å². The van der Waals surface area contributed by atoms with Gasteiger partial charge in [-0.05, 0) is 19.9 Å². The Morgan fingerprint density at radius 2 is 2.05 bits per heavy atom. The van der Waals surface area contributed by atoms with Crippen LogP contribution in [0.25, 0.3) is 0 Å². The van der Waals surface area contributed by atoms with Crippen LogP contribution in [0.1, 0.15) is 37.5 Å². The summed E-state index contributed by atoms with van der Waals surface area (Å²) in [5.41, 5.74) is 0.393. The molecule has 0 fully saturated rings. The quantitative estimate of drug-likeness (QED) is 0.943. The highest BCUT2D eigenvalue weighted by Crippen LogP contribution is 2.26. The molecule has 0 radical (unpaired) electrons. The molecule has 2 aromatic heterocycles. The van der Waals surface area contributed by atoms with E-state index in [4.69, 9.17) is 23.2 Å². The summed E-state index contributed by atoms with van der Waals surface area (Å²) in [6.07, 6.45) is 2.39. The van der Waals surface area contributed by atoms with Gasteiger partial charge >= 0.3 is 0 Å². The van der Waals surface area contributed by atoms with E-state index in [2.05, 4.69) is 15.1 Å². The van der Waals surface area contributed by atoms with E-state index in [1.165, 1.54) is 12.5 Å². The lowest BCUT2D eigenvalue weighted by atomic mass is 10.1. The minimum absolute atomic E-state index is 0.179. The lowest BCUT2D eigenvalue weighted by molar-refractivity contribution is 0.168. The van der Waals surface area contributed by atoms with Gasteiger partial charge in [0.25, 0.3) is 0 Å². The van der Waals surface area contributed by atoms with Gasteiger partial charge in [-0.15, -0.1) is 0 Å². The van der Waals surface area contributed by atoms with Gasteiger partial charge in [-0.3, -0.25) is 4.98 Å². The van der Waals surface area contributed by atoms with Crippen LogP contribution in [-0.2, 0) is 6.42 Å². The third kappa shape index (κ3) is 3.23. The topological polar surface area (TPSA) is 63.8 Å². The molecule has 0 saturated carbocycles. The van der Waals surface area contributed by atoms with E-state index < -0.39 is 6.10 Å². The van der Waals surface area contributed by atoms with Gasteiger partial charge < -0.3 is 5.11 Å². The number of nitrogens with zero attached hydrogens (tertiary/aromatic N) is 4. The molecule has 2 rings (SSSR count). The van der Waals surface area contributed by atoms with E-state index in [-0.39, 0.29) is 6.04 Å². The lowest BCUT2D eigenvalue weighted by Gasteiger charge is -2.14. The number of aromatic nitrogens is 4. The highest BCUT2D eigenvalue weighted by atomic mass is 35.5. The molecule has 0 bridgehead atoms. The minimum atomic E-state index is -0.841. The average Bonchev–Trinajstić information content (AvgIpc) is 2.76. The lowest BCUT2D eigenvalue weighted by Crippen LogP contribution is -2.13. The van der Waals surface area contributed by atoms with E-state index in [0.29, 0.717) is 28.0 Å². The van der Waals surface area contributed by atoms with Crippen molar-refractivity contribution in [1.29, 1.82) is 0 Å². The molecular formula is C12H14Cl2N4O. The molecule has 1 atom stereocenters. The van der Waals surface area contributed by atoms with Gasteiger partial charge in [0, 0.05) is 18.7 Å². The summed E-state index contributed by atoms with van der Waals surface area (Å²) >= 11 is 11.8. The number of aliphatic hydroxyl groups excluding tert-OH is 1. The summed E-state index contributed by atoms with van der Waals surface area (Å²) in [4.78, 5) is 8.21. The van der Waals surface area contributed by atoms with Crippen molar-refractivity contribution in [3.8, 4) is 0 Å². The van der Waals surface area contributed by atoms with Gasteiger partial charge in [0.2, 0.25) is 0 Å². The number of halogens is 2. The van der Waals surface area contributed by atoms with Crippen LogP contribution in [0.5, 0.6) is 0 Å². The summed E-state index contributed by atoms with van der Waals surface area (Å²) in [6, 6.07) is 1.74. The first kappa shape index (κ1) is 14.2. The van der Waals surface area contributed by atoms with Crippen molar-refractivity contribution in [3.63, 3.8) is 0 Å². The molecule has 5 nitrogen and oxygen atoms in total. The predicted molar refractivity (Wildman–Crippen MR) is 73.3 cm³/mol. The van der Waals surface area contributed by atoms with E-state index >= 15 is 0 Å². The van der Waals surface area contributed by atoms with Crippen LogP contribution >= 0.6 is 23.2 Å². The monoisotopic (exact) mass is 300 g/mol. The molecule has 0 spiro atoms. The Hall–Kier alpha value is -1.17. The van der Waals surface area contributed by atoms with Crippen molar-refractivity contribution in [1.82, 2.24) is 19.7 Å². The SMILES string of the molecule is CC(C)n1ncnc1CC(O)c1ncc(Cl)cc1Cl. The minimum Gasteiger partial charge on any atom is -0.386 e. The van der Waals surface area contributed by atoms with Crippen molar-refractivity contribution in [3.05, 3.63) is 40.2 Å². The van der Waals surface area contributed by atoms with Crippen LogP contribution in [0.15, 0.2) is 18.6 Å². The highest BCUT2D eigenvalue weighted by molar-refractivity contribution is 6.34. The number of pyridine rings is 1. The molecule has 2 heterocycles. The second kappa shape index (κ2) is 5.86. The molecular weight excluding hydrogens is 287 g/mol. The average molecular weight is 301 g/mol. The maximum Gasteiger partial charge on any atom is 0.138 e. The highest BCUT2D eigenvalue weighted by Gasteiger charge is 2.18. The number of hydrogen-bond acceptors (Lipinski definition) is 4. The molecule has 0 aliphatic heterocycles. The maximum atomic E-state index is 10.2. The zero-order valence-electron chi connectivity index (χ0n) is 10.6. The normalized spacial score (nSPS) is 12.9. The summed E-state index contributed by atoms with van der Waals surface area (Å²) in [6.45, 7) is 4.00. The first-order valence-electron chi connectivity index (χ1n) is 5.86. The standard InChI is InChI=1S/C12H14Cl2N4O/c1-7(2)18-11(16-6-17-18)4-10(19)12-9(14)3-8(13)5-15-12/h3,5-7,10,19H,4H2,1-2H3. The van der Waals surface area contributed by atoms with Crippen LogP contribution < -0.4 is 0 Å². The molecule has 0 saturated heterocycles. The molecule has 0 aromatic carbocycles. The summed E-state index contributed by atoms with van der Waals surface area (Å²) in [5, 5.41) is 15.1. The second-order valence-electron chi connectivity index (χ2n) is 4.46. The molecule has 7 heteroatoms. The third-order valence-corrected chi connectivity index (χ3v) is 3.17. The van der Waals surface area contributed by atoms with Crippen molar-refractivity contribution < 1.29 is 5.11 Å². The Morgan fingerprint density at radius 3 is 2.68 bits per heavy atom. The van der Waals surface area contributed by atoms with Crippen LogP contribution in [-0.4, -0.2) is 24.9 Å². The molecule has 0 amide bonds. The summed E-state index contributed by atoms with van der Waals surface area (Å²) in [5.74, 6) is 0.690. The van der Waals surface area contributed by atoms with Gasteiger partial charge in [0.05, 0.1) is 15.7 Å². The predicted octanol–water partition coefficient (Wildman–Crippen LogP) is 2.84. The Morgan fingerprint density at radius 1 is 1.32 bits per heavy atom. The van der Waals surface area contributed by atoms with Crippen molar-refractivity contribution in [2.75, 3.05) is 0 Å². The molecule has 0 aliphatic rings. The van der Waals surface area contributed by atoms with E-state index in [1.54, 1.807) is 10.7 Å². The van der Waals surface area contributed by atoms with Crippen LogP contribution in [0.2, 0.25) is 10.0 Å². The van der Waals surface area contributed by atoms with Gasteiger partial charge in [-0.2, -0.15) is 5.10 Å². The van der Waals surface area contributed by atoms with Gasteiger partial charge in [-0.25, -0.2) is 9.67 Å². The summed E-state index contributed by atoms with van der Waals surface area (Å²) in [7, 11) is 0. The number of aliphatic hydroxyl groups is 1. The van der Waals surface area contributed by atoms with Gasteiger partial charge in [0.1, 0.15) is 18.3 Å². The number of rotatable bonds is 4. The fraction of sp³-hybridized carbons (Fsp3) is 0.417. The first-order chi connectivity index (χ1) is 8.99. The van der Waals surface area contributed by atoms with E-state index in [1.807, 2.05) is 13.8 Å². The third-order valence-electron chi connectivity index (χ3n) is 2.66. The molecule has 1 N–H and O–H groups in total. The Labute approximate surface area is 121 Å². The molecule has 0 aliphatic carbocycles. The number of hydrogen-bond donors (Lipinski definition) is 1. The van der Waals surface area contributed by atoms with Gasteiger partial charge in [-0.1, -0.05) is 23.2 Å². The largest absolute Gasteiger partial charge is 0.386 e. The molecule has 19 heavy (non-hydrogen) atoms. The van der Waals surface area contributed by atoms with E-state index in [9.17, 15) is 5.11 Å². The fourth-order valence-electron chi connectivity index (χ4n) is 1.79. The Kier molecular flexibility index (Phi) is 4.39. The van der Waals surface area contributed by atoms with Crippen molar-refractivity contribution in [2.24, 2.45) is 0 Å². The van der Waals surface area contributed by atoms with Crippen LogP contribution in [0.3, 0.4) is 0 Å². The van der Waals surface area contributed by atoms with E-state index in [0.717, 1.165) is 0 Å². The Bertz CT molecular complexity index is 571. The zero-order valence-corrected chi connectivity index (χ0v) is 12.1. The summed E-state index contributed by atoms with van der Waals surface area (Å²) < 4.78 is 1.76. The van der Waals surface area contributed by atoms with Gasteiger partial charge in [0.15, 0.2) is 0 Å². The van der Waals surface area contributed by atoms with Crippen molar-refractivity contribution >= 4 is 23.2 Å². The Balaban J connectivity index is 2.21. The second-order valence-corrected chi connectivity index (χ2v) is 5.30. The van der Waals surface area contributed by atoms with Crippen LogP contribution in [0, 0.1) is 0 Å². The zero-order chi connectivity index (χ0) is 14.0. The van der Waals surface area contributed by atoms with Crippen molar-refractivity contribution in [2.45, 2.75) is 32.4 Å². The molecule has 102 valence electrons.